The number of nitrogens with zero attached hydrogens (tertiary/aromatic N) is 2. The van der Waals surface area contributed by atoms with Crippen LogP contribution in [0.2, 0.25) is 5.02 Å². The highest BCUT2D eigenvalue weighted by Crippen LogP contribution is 2.32. The molecule has 0 saturated heterocycles. The average molecular weight is 455 g/mol. The summed E-state index contributed by atoms with van der Waals surface area (Å²) in [6.45, 7) is 0.0821. The minimum atomic E-state index is -3.70. The summed E-state index contributed by atoms with van der Waals surface area (Å²) in [4.78, 5) is 19.3. The van der Waals surface area contributed by atoms with Gasteiger partial charge in [0.15, 0.2) is 9.84 Å². The number of ether oxygens (including phenoxy) is 1. The third-order valence-corrected chi connectivity index (χ3v) is 6.77. The number of anilines is 1. The Bertz CT molecular complexity index is 1210. The number of pyridine rings is 1. The molecule has 158 valence electrons. The lowest BCUT2D eigenvalue weighted by Crippen LogP contribution is -2.36. The Hall–Kier alpha value is -3.16. The molecule has 3 aromatic rings. The molecule has 0 bridgehead atoms. The minimum Gasteiger partial charge on any atom is -0.486 e. The Morgan fingerprint density at radius 1 is 1.00 bits per heavy atom. The molecular formula is C23H19ClN2O4S. The predicted octanol–water partition coefficient (Wildman–Crippen LogP) is 4.08. The predicted molar refractivity (Wildman–Crippen MR) is 120 cm³/mol. The van der Waals surface area contributed by atoms with Gasteiger partial charge in [0, 0.05) is 11.2 Å². The Morgan fingerprint density at radius 3 is 2.39 bits per heavy atom. The fraction of sp³-hybridized carbons (Fsp3) is 0.130. The molecular weight excluding hydrogens is 436 g/mol. The number of sulfone groups is 1. The lowest BCUT2D eigenvalue weighted by Gasteiger charge is -2.27. The van der Waals surface area contributed by atoms with E-state index in [0.29, 0.717) is 16.4 Å². The molecule has 0 fully saturated rings. The molecule has 6 nitrogen and oxygen atoms in total. The van der Waals surface area contributed by atoms with E-state index in [2.05, 4.69) is 4.98 Å². The van der Waals surface area contributed by atoms with Gasteiger partial charge >= 0.3 is 0 Å². The zero-order valence-corrected chi connectivity index (χ0v) is 18.0. The van der Waals surface area contributed by atoms with Gasteiger partial charge in [0.25, 0.3) is 5.91 Å². The van der Waals surface area contributed by atoms with Crippen molar-refractivity contribution in [2.75, 3.05) is 17.3 Å². The van der Waals surface area contributed by atoms with Crippen molar-refractivity contribution in [2.24, 2.45) is 0 Å². The van der Waals surface area contributed by atoms with Crippen LogP contribution in [0.3, 0.4) is 0 Å². The van der Waals surface area contributed by atoms with Crippen LogP contribution >= 0.6 is 11.6 Å². The van der Waals surface area contributed by atoms with Gasteiger partial charge in [0.2, 0.25) is 5.76 Å². The normalized spacial score (nSPS) is 15.3. The van der Waals surface area contributed by atoms with Gasteiger partial charge in [0.1, 0.15) is 17.3 Å². The van der Waals surface area contributed by atoms with Crippen molar-refractivity contribution < 1.29 is 17.9 Å². The average Bonchev–Trinajstić information content (AvgIpc) is 2.78. The monoisotopic (exact) mass is 454 g/mol. The Balaban J connectivity index is 1.83. The van der Waals surface area contributed by atoms with Gasteiger partial charge in [-0.05, 0) is 35.4 Å². The van der Waals surface area contributed by atoms with Crippen molar-refractivity contribution in [3.05, 3.63) is 101 Å². The third kappa shape index (κ3) is 4.62. The van der Waals surface area contributed by atoms with Gasteiger partial charge < -0.3 is 4.74 Å². The minimum absolute atomic E-state index is 0.0866. The molecule has 2 aromatic carbocycles. The largest absolute Gasteiger partial charge is 0.486 e. The molecule has 0 spiro atoms. The van der Waals surface area contributed by atoms with Gasteiger partial charge in [-0.25, -0.2) is 13.4 Å². The molecule has 0 aliphatic carbocycles. The second kappa shape index (κ2) is 8.91. The summed E-state index contributed by atoms with van der Waals surface area (Å²) in [5.41, 5.74) is 1.22. The quantitative estimate of drug-likeness (QED) is 0.580. The molecule has 1 aliphatic heterocycles. The smallest absolute Gasteiger partial charge is 0.296 e. The summed E-state index contributed by atoms with van der Waals surface area (Å²) < 4.78 is 31.5. The highest BCUT2D eigenvalue weighted by molar-refractivity contribution is 8.00. The molecule has 31 heavy (non-hydrogen) atoms. The second-order valence-electron chi connectivity index (χ2n) is 6.90. The van der Waals surface area contributed by atoms with Crippen LogP contribution < -0.4 is 4.90 Å². The van der Waals surface area contributed by atoms with Crippen LogP contribution in [0.15, 0.2) is 84.8 Å². The molecule has 2 heterocycles. The first kappa shape index (κ1) is 21.1. The molecule has 1 aromatic heterocycles. The topological polar surface area (TPSA) is 76.6 Å². The van der Waals surface area contributed by atoms with Crippen LogP contribution in [-0.2, 0) is 25.9 Å². The number of rotatable bonds is 5. The molecule has 0 unspecified atom stereocenters. The summed E-state index contributed by atoms with van der Waals surface area (Å²) in [5, 5.41) is 0.579. The van der Waals surface area contributed by atoms with Crippen LogP contribution in [0.4, 0.5) is 5.82 Å². The van der Waals surface area contributed by atoms with Gasteiger partial charge in [-0.15, -0.1) is 0 Å². The van der Waals surface area contributed by atoms with Crippen molar-refractivity contribution >= 4 is 38.1 Å². The van der Waals surface area contributed by atoms with E-state index < -0.39 is 15.7 Å². The van der Waals surface area contributed by atoms with E-state index in [0.717, 1.165) is 5.56 Å². The number of aromatic nitrogens is 1. The van der Waals surface area contributed by atoms with Crippen molar-refractivity contribution in [1.82, 2.24) is 4.98 Å². The summed E-state index contributed by atoms with van der Waals surface area (Å²) in [6.07, 6.45) is 1.57. The Labute approximate surface area is 185 Å². The summed E-state index contributed by atoms with van der Waals surface area (Å²) in [6, 6.07) is 20.8. The molecule has 0 N–H and O–H groups in total. The molecule has 8 heteroatoms. The number of halogens is 1. The molecule has 1 aliphatic rings. The van der Waals surface area contributed by atoms with Crippen LogP contribution in [-0.4, -0.2) is 31.7 Å². The molecule has 0 radical (unpaired) electrons. The first-order valence-electron chi connectivity index (χ1n) is 9.58. The fourth-order valence-corrected chi connectivity index (χ4v) is 4.84. The zero-order chi connectivity index (χ0) is 21.8. The maximum atomic E-state index is 13.7. The first-order valence-corrected chi connectivity index (χ1v) is 11.6. The summed E-state index contributed by atoms with van der Waals surface area (Å²) in [7, 11) is -3.70. The van der Waals surface area contributed by atoms with Gasteiger partial charge in [-0.1, -0.05) is 60.1 Å². The van der Waals surface area contributed by atoms with E-state index in [-0.39, 0.29) is 29.6 Å². The summed E-state index contributed by atoms with van der Waals surface area (Å²) in [5.74, 6) is -0.573. The van der Waals surface area contributed by atoms with Crippen LogP contribution in [0.1, 0.15) is 11.1 Å². The van der Waals surface area contributed by atoms with Gasteiger partial charge in [0.05, 0.1) is 12.3 Å². The van der Waals surface area contributed by atoms with Crippen molar-refractivity contribution in [1.29, 1.82) is 0 Å². The van der Waals surface area contributed by atoms with E-state index in [1.165, 1.54) is 4.90 Å². The van der Waals surface area contributed by atoms with E-state index in [1.807, 2.05) is 0 Å². The standard InChI is InChI=1S/C23H19ClN2O4S/c24-19-11-9-17(10-12-19)16-26(20-8-4-5-13-25-20)23(27)21-22(18-6-2-1-3-7-18)31(28,29)15-14-30-21/h1-13H,14-16H2. The fourth-order valence-electron chi connectivity index (χ4n) is 3.29. The van der Waals surface area contributed by atoms with Crippen LogP contribution in [0.5, 0.6) is 0 Å². The van der Waals surface area contributed by atoms with Crippen LogP contribution in [0, 0.1) is 0 Å². The maximum Gasteiger partial charge on any atom is 0.296 e. The third-order valence-electron chi connectivity index (χ3n) is 4.77. The highest BCUT2D eigenvalue weighted by atomic mass is 35.5. The van der Waals surface area contributed by atoms with E-state index in [9.17, 15) is 13.2 Å². The maximum absolute atomic E-state index is 13.7. The van der Waals surface area contributed by atoms with Crippen molar-refractivity contribution in [3.8, 4) is 0 Å². The van der Waals surface area contributed by atoms with Crippen LogP contribution in [0.25, 0.3) is 4.91 Å². The van der Waals surface area contributed by atoms with Gasteiger partial charge in [-0.3, -0.25) is 9.69 Å². The van der Waals surface area contributed by atoms with E-state index in [1.54, 1.807) is 79.0 Å². The Kier molecular flexibility index (Phi) is 6.06. The molecule has 0 saturated carbocycles. The van der Waals surface area contributed by atoms with Crippen molar-refractivity contribution in [3.63, 3.8) is 0 Å². The number of hydrogen-bond donors (Lipinski definition) is 0. The molecule has 1 amide bonds. The number of carbonyl (C=O) groups is 1. The molecule has 0 atom stereocenters. The number of carbonyl (C=O) groups excluding carboxylic acids is 1. The highest BCUT2D eigenvalue weighted by Gasteiger charge is 2.36. The van der Waals surface area contributed by atoms with Gasteiger partial charge in [-0.2, -0.15) is 0 Å². The van der Waals surface area contributed by atoms with Crippen molar-refractivity contribution in [2.45, 2.75) is 6.54 Å². The number of amides is 1. The van der Waals surface area contributed by atoms with E-state index in [4.69, 9.17) is 16.3 Å². The number of hydrogen-bond acceptors (Lipinski definition) is 5. The summed E-state index contributed by atoms with van der Waals surface area (Å²) >= 11 is 5.98. The first-order chi connectivity index (χ1) is 15.0. The SMILES string of the molecule is O=C(C1=C(c2ccccc2)S(=O)(=O)CCO1)N(Cc1ccc(Cl)cc1)c1ccccn1. The van der Waals surface area contributed by atoms with E-state index >= 15 is 0 Å². The lowest BCUT2D eigenvalue weighted by molar-refractivity contribution is -0.118. The lowest BCUT2D eigenvalue weighted by atomic mass is 10.1. The second-order valence-corrected chi connectivity index (χ2v) is 9.38. The number of benzene rings is 2. The Morgan fingerprint density at radius 2 is 1.71 bits per heavy atom. The zero-order valence-electron chi connectivity index (χ0n) is 16.4. The molecule has 4 rings (SSSR count).